The Bertz CT molecular complexity index is 284. The molecule has 1 aliphatic heterocycles. The molecule has 0 bridgehead atoms. The van der Waals surface area contributed by atoms with Gasteiger partial charge in [-0.15, -0.1) is 0 Å². The van der Waals surface area contributed by atoms with E-state index in [0.717, 1.165) is 4.90 Å². The van der Waals surface area contributed by atoms with Crippen LogP contribution in [0.2, 0.25) is 0 Å². The summed E-state index contributed by atoms with van der Waals surface area (Å²) in [6.07, 6.45) is 1.23. The number of likely N-dealkylation sites (tertiary alicyclic amines) is 1. The van der Waals surface area contributed by atoms with Gasteiger partial charge in [0.05, 0.1) is 6.54 Å². The molecule has 14 heavy (non-hydrogen) atoms. The van der Waals surface area contributed by atoms with Crippen LogP contribution in [0.15, 0.2) is 11.8 Å². The quantitative estimate of drug-likeness (QED) is 0.619. The fraction of sp³-hybridized carbons (Fsp3) is 0.556. The molecule has 1 heterocycles. The van der Waals surface area contributed by atoms with Crippen LogP contribution in [0.25, 0.3) is 0 Å². The lowest BCUT2D eigenvalue weighted by molar-refractivity contribution is -0.117. The molecule has 0 aromatic rings. The normalized spacial score (nSPS) is 20.0. The topological polar surface area (TPSA) is 60.9 Å². The van der Waals surface area contributed by atoms with Crippen LogP contribution in [0.5, 0.6) is 0 Å². The Kier molecular flexibility index (Phi) is 3.11. The molecule has 0 aromatic carbocycles. The molecule has 1 saturated heterocycles. The minimum atomic E-state index is -1.03. The Labute approximate surface area is 82.6 Å². The summed E-state index contributed by atoms with van der Waals surface area (Å²) in [7, 11) is 3.67. The van der Waals surface area contributed by atoms with Crippen molar-refractivity contribution in [3.8, 4) is 0 Å². The van der Waals surface area contributed by atoms with Crippen LogP contribution in [-0.4, -0.2) is 54.0 Å². The first kappa shape index (κ1) is 10.6. The Morgan fingerprint density at radius 2 is 2.21 bits per heavy atom. The van der Waals surface area contributed by atoms with E-state index < -0.39 is 6.09 Å². The molecule has 1 N–H and O–H groups in total. The number of ketones is 1. The van der Waals surface area contributed by atoms with Crippen molar-refractivity contribution >= 4 is 11.9 Å². The van der Waals surface area contributed by atoms with Crippen molar-refractivity contribution in [3.63, 3.8) is 0 Å². The average molecular weight is 198 g/mol. The van der Waals surface area contributed by atoms with Gasteiger partial charge in [0.2, 0.25) is 0 Å². The highest BCUT2D eigenvalue weighted by Crippen LogP contribution is 2.13. The smallest absolute Gasteiger partial charge is 0.407 e. The van der Waals surface area contributed by atoms with Gasteiger partial charge < -0.3 is 14.9 Å². The molecule has 0 spiro atoms. The van der Waals surface area contributed by atoms with Gasteiger partial charge in [0, 0.05) is 32.4 Å². The number of carbonyl (C=O) groups excluding carboxylic acids is 1. The molecule has 0 saturated carbocycles. The van der Waals surface area contributed by atoms with E-state index in [1.165, 1.54) is 0 Å². The predicted octanol–water partition coefficient (Wildman–Crippen LogP) is 0.385. The maximum atomic E-state index is 11.4. The molecule has 0 aliphatic carbocycles. The Morgan fingerprint density at radius 3 is 2.64 bits per heavy atom. The molecule has 1 fully saturated rings. The fourth-order valence-corrected chi connectivity index (χ4v) is 1.36. The Balaban J connectivity index is 2.65. The van der Waals surface area contributed by atoms with Crippen molar-refractivity contribution < 1.29 is 14.7 Å². The molecule has 1 rings (SSSR count). The van der Waals surface area contributed by atoms with E-state index >= 15 is 0 Å². The van der Waals surface area contributed by atoms with Crippen molar-refractivity contribution in [2.75, 3.05) is 27.2 Å². The van der Waals surface area contributed by atoms with E-state index in [1.807, 2.05) is 14.1 Å². The van der Waals surface area contributed by atoms with Crippen LogP contribution in [0.1, 0.15) is 6.42 Å². The first-order chi connectivity index (χ1) is 6.50. The van der Waals surface area contributed by atoms with Crippen LogP contribution in [-0.2, 0) is 4.79 Å². The summed E-state index contributed by atoms with van der Waals surface area (Å²) >= 11 is 0. The number of carboxylic acid groups (broad SMARTS) is 1. The van der Waals surface area contributed by atoms with Crippen LogP contribution >= 0.6 is 0 Å². The molecule has 1 aliphatic rings. The van der Waals surface area contributed by atoms with Gasteiger partial charge in [-0.25, -0.2) is 4.79 Å². The van der Waals surface area contributed by atoms with Crippen LogP contribution in [0, 0.1) is 0 Å². The number of Topliss-reactive ketones (excluding diaryl/α,β-unsaturated/α-hetero) is 1. The van der Waals surface area contributed by atoms with Crippen LogP contribution < -0.4 is 0 Å². The van der Waals surface area contributed by atoms with Crippen molar-refractivity contribution in [2.45, 2.75) is 6.42 Å². The summed E-state index contributed by atoms with van der Waals surface area (Å²) in [6.45, 7) is 0.385. The molecular weight excluding hydrogens is 184 g/mol. The number of carbonyl (C=O) groups is 2. The van der Waals surface area contributed by atoms with Gasteiger partial charge >= 0.3 is 6.09 Å². The summed E-state index contributed by atoms with van der Waals surface area (Å²) < 4.78 is 0. The van der Waals surface area contributed by atoms with E-state index in [4.69, 9.17) is 5.11 Å². The summed E-state index contributed by atoms with van der Waals surface area (Å²) in [6, 6.07) is 0. The van der Waals surface area contributed by atoms with Crippen molar-refractivity contribution in [2.24, 2.45) is 0 Å². The first-order valence-electron chi connectivity index (χ1n) is 4.39. The fourth-order valence-electron chi connectivity index (χ4n) is 1.36. The van der Waals surface area contributed by atoms with Gasteiger partial charge in [0.15, 0.2) is 5.78 Å². The van der Waals surface area contributed by atoms with Gasteiger partial charge in [0.1, 0.15) is 0 Å². The monoisotopic (exact) mass is 198 g/mol. The molecule has 78 valence electrons. The lowest BCUT2D eigenvalue weighted by atomic mass is 10.0. The summed E-state index contributed by atoms with van der Waals surface area (Å²) in [5.41, 5.74) is 0.701. The second-order valence-electron chi connectivity index (χ2n) is 3.50. The third-order valence-electron chi connectivity index (χ3n) is 2.03. The van der Waals surface area contributed by atoms with Gasteiger partial charge in [0.25, 0.3) is 0 Å². The third kappa shape index (κ3) is 2.48. The summed E-state index contributed by atoms with van der Waals surface area (Å²) in [5, 5.41) is 8.67. The highest BCUT2D eigenvalue weighted by molar-refractivity contribution is 5.99. The third-order valence-corrected chi connectivity index (χ3v) is 2.03. The Hall–Kier alpha value is -1.52. The largest absolute Gasteiger partial charge is 0.465 e. The number of nitrogens with zero attached hydrogens (tertiary/aromatic N) is 2. The first-order valence-corrected chi connectivity index (χ1v) is 4.39. The molecular formula is C9H14N2O3. The minimum Gasteiger partial charge on any atom is -0.465 e. The maximum Gasteiger partial charge on any atom is 0.407 e. The average Bonchev–Trinajstić information content (AvgIpc) is 2.07. The van der Waals surface area contributed by atoms with Gasteiger partial charge in [-0.05, 0) is 6.42 Å². The highest BCUT2D eigenvalue weighted by Gasteiger charge is 2.24. The zero-order valence-corrected chi connectivity index (χ0v) is 8.36. The number of amides is 1. The minimum absolute atomic E-state index is 0.0188. The summed E-state index contributed by atoms with van der Waals surface area (Å²) in [5.74, 6) is -0.104. The van der Waals surface area contributed by atoms with Crippen LogP contribution in [0.4, 0.5) is 4.79 Å². The zero-order valence-electron chi connectivity index (χ0n) is 8.36. The molecule has 0 unspecified atom stereocenters. The number of hydrogen-bond donors (Lipinski definition) is 1. The van der Waals surface area contributed by atoms with Crippen molar-refractivity contribution in [3.05, 3.63) is 11.8 Å². The van der Waals surface area contributed by atoms with E-state index in [1.54, 1.807) is 11.1 Å². The molecule has 1 amide bonds. The van der Waals surface area contributed by atoms with Gasteiger partial charge in [-0.2, -0.15) is 0 Å². The predicted molar refractivity (Wildman–Crippen MR) is 51.0 cm³/mol. The molecule has 5 heteroatoms. The van der Waals surface area contributed by atoms with E-state index in [-0.39, 0.29) is 12.3 Å². The number of hydrogen-bond acceptors (Lipinski definition) is 3. The maximum absolute atomic E-state index is 11.4. The Morgan fingerprint density at radius 1 is 1.57 bits per heavy atom. The van der Waals surface area contributed by atoms with E-state index in [9.17, 15) is 9.59 Å². The lowest BCUT2D eigenvalue weighted by Gasteiger charge is -2.25. The van der Waals surface area contributed by atoms with Gasteiger partial charge in [-0.3, -0.25) is 4.79 Å². The molecule has 0 radical (unpaired) electrons. The lowest BCUT2D eigenvalue weighted by Crippen LogP contribution is -2.40. The summed E-state index contributed by atoms with van der Waals surface area (Å²) in [4.78, 5) is 24.9. The SMILES string of the molecule is CN(C)/C=C1\CCN(C(=O)O)CC1=O. The second kappa shape index (κ2) is 4.13. The second-order valence-corrected chi connectivity index (χ2v) is 3.50. The molecule has 0 atom stereocenters. The van der Waals surface area contributed by atoms with E-state index in [0.29, 0.717) is 18.5 Å². The molecule has 5 nitrogen and oxygen atoms in total. The number of rotatable bonds is 1. The van der Waals surface area contributed by atoms with Crippen LogP contribution in [0.3, 0.4) is 0 Å². The number of piperidine rings is 1. The van der Waals surface area contributed by atoms with Crippen molar-refractivity contribution in [1.29, 1.82) is 0 Å². The van der Waals surface area contributed by atoms with Gasteiger partial charge in [-0.1, -0.05) is 0 Å². The zero-order chi connectivity index (χ0) is 10.7. The standard InChI is InChI=1S/C9H14N2O3/c1-10(2)5-7-3-4-11(9(13)14)6-8(7)12/h5H,3-4,6H2,1-2H3,(H,13,14)/b7-5+. The highest BCUT2D eigenvalue weighted by atomic mass is 16.4. The molecule has 0 aromatic heterocycles. The van der Waals surface area contributed by atoms with E-state index in [2.05, 4.69) is 0 Å². The van der Waals surface area contributed by atoms with Crippen molar-refractivity contribution in [1.82, 2.24) is 9.80 Å².